The van der Waals surface area contributed by atoms with Crippen LogP contribution in [-0.2, 0) is 4.74 Å². The lowest BCUT2D eigenvalue weighted by Crippen LogP contribution is -2.20. The standard InChI is InChI=1S/C6H14O2S/c1-6(2,3)8-4-5-9-7/h7H,4-5H2,1-3H3. The minimum absolute atomic E-state index is 0.0737. The molecule has 0 aromatic rings. The van der Waals surface area contributed by atoms with E-state index in [4.69, 9.17) is 9.29 Å². The summed E-state index contributed by atoms with van der Waals surface area (Å²) in [6, 6.07) is 0. The van der Waals surface area contributed by atoms with Gasteiger partial charge in [-0.05, 0) is 32.8 Å². The number of hydrogen-bond acceptors (Lipinski definition) is 3. The lowest BCUT2D eigenvalue weighted by Gasteiger charge is -2.18. The van der Waals surface area contributed by atoms with E-state index in [1.807, 2.05) is 20.8 Å². The predicted molar refractivity (Wildman–Crippen MR) is 40.8 cm³/mol. The van der Waals surface area contributed by atoms with Crippen molar-refractivity contribution >= 4 is 12.0 Å². The Morgan fingerprint density at radius 3 is 2.33 bits per heavy atom. The molecule has 0 fully saturated rings. The largest absolute Gasteiger partial charge is 0.375 e. The van der Waals surface area contributed by atoms with Crippen LogP contribution in [0.25, 0.3) is 0 Å². The Bertz CT molecular complexity index is 67.9. The normalized spacial score (nSPS) is 12.0. The molecule has 0 heterocycles. The first-order valence-electron chi connectivity index (χ1n) is 2.96. The van der Waals surface area contributed by atoms with E-state index in [-0.39, 0.29) is 5.60 Å². The van der Waals surface area contributed by atoms with Gasteiger partial charge < -0.3 is 9.29 Å². The quantitative estimate of drug-likeness (QED) is 0.493. The highest BCUT2D eigenvalue weighted by atomic mass is 32.2. The number of ether oxygens (including phenoxy) is 1. The second-order valence-electron chi connectivity index (χ2n) is 2.79. The van der Waals surface area contributed by atoms with Gasteiger partial charge in [0.2, 0.25) is 0 Å². The van der Waals surface area contributed by atoms with E-state index in [2.05, 4.69) is 0 Å². The lowest BCUT2D eigenvalue weighted by molar-refractivity contribution is 0.00672. The van der Waals surface area contributed by atoms with Crippen molar-refractivity contribution < 1.29 is 9.29 Å². The van der Waals surface area contributed by atoms with Gasteiger partial charge in [-0.25, -0.2) is 0 Å². The molecule has 0 aromatic heterocycles. The Kier molecular flexibility index (Phi) is 4.27. The summed E-state index contributed by atoms with van der Waals surface area (Å²) in [4.78, 5) is 0. The highest BCUT2D eigenvalue weighted by Gasteiger charge is 2.08. The monoisotopic (exact) mass is 150 g/mol. The number of rotatable bonds is 3. The van der Waals surface area contributed by atoms with Gasteiger partial charge in [0.05, 0.1) is 12.2 Å². The van der Waals surface area contributed by atoms with Crippen LogP contribution in [0, 0.1) is 0 Å². The zero-order valence-electron chi connectivity index (χ0n) is 6.18. The van der Waals surface area contributed by atoms with E-state index in [0.717, 1.165) is 12.0 Å². The molecule has 9 heavy (non-hydrogen) atoms. The van der Waals surface area contributed by atoms with Crippen LogP contribution in [0.4, 0.5) is 0 Å². The third-order valence-corrected chi connectivity index (χ3v) is 1.06. The molecule has 0 bridgehead atoms. The molecular formula is C6H14O2S. The molecule has 0 aliphatic rings. The highest BCUT2D eigenvalue weighted by Crippen LogP contribution is 2.06. The molecule has 0 radical (unpaired) electrons. The summed E-state index contributed by atoms with van der Waals surface area (Å²) in [5.74, 6) is 0.650. The SMILES string of the molecule is CC(C)(C)OCCSO. The summed E-state index contributed by atoms with van der Waals surface area (Å²) in [5.41, 5.74) is -0.0737. The van der Waals surface area contributed by atoms with E-state index in [1.165, 1.54) is 0 Å². The summed E-state index contributed by atoms with van der Waals surface area (Å²) in [5, 5.41) is 0. The minimum Gasteiger partial charge on any atom is -0.375 e. The van der Waals surface area contributed by atoms with Gasteiger partial charge in [0, 0.05) is 5.75 Å². The summed E-state index contributed by atoms with van der Waals surface area (Å²) in [7, 11) is 0. The first-order chi connectivity index (χ1) is 4.06. The molecule has 0 rings (SSSR count). The third kappa shape index (κ3) is 8.27. The summed E-state index contributed by atoms with van der Waals surface area (Å²) in [6.45, 7) is 6.60. The predicted octanol–water partition coefficient (Wildman–Crippen LogP) is 2.01. The van der Waals surface area contributed by atoms with Crippen molar-refractivity contribution in [2.75, 3.05) is 12.4 Å². The molecule has 0 spiro atoms. The minimum atomic E-state index is -0.0737. The maximum absolute atomic E-state index is 8.30. The van der Waals surface area contributed by atoms with E-state index < -0.39 is 0 Å². The molecule has 0 saturated carbocycles. The first-order valence-corrected chi connectivity index (χ1v) is 3.91. The maximum Gasteiger partial charge on any atom is 0.0598 e. The van der Waals surface area contributed by atoms with Gasteiger partial charge in [-0.3, -0.25) is 0 Å². The molecule has 1 N–H and O–H groups in total. The molecule has 0 amide bonds. The van der Waals surface area contributed by atoms with E-state index in [9.17, 15) is 0 Å². The molecule has 0 aliphatic carbocycles. The van der Waals surface area contributed by atoms with Crippen molar-refractivity contribution in [1.29, 1.82) is 0 Å². The Morgan fingerprint density at radius 1 is 1.44 bits per heavy atom. The summed E-state index contributed by atoms with van der Waals surface area (Å²) >= 11 is 0.817. The topological polar surface area (TPSA) is 29.5 Å². The Labute approximate surface area is 60.8 Å². The average molecular weight is 150 g/mol. The van der Waals surface area contributed by atoms with Crippen LogP contribution < -0.4 is 0 Å². The second kappa shape index (κ2) is 4.14. The molecule has 0 aliphatic heterocycles. The van der Waals surface area contributed by atoms with Crippen molar-refractivity contribution in [3.8, 4) is 0 Å². The second-order valence-corrected chi connectivity index (χ2v) is 3.46. The van der Waals surface area contributed by atoms with Gasteiger partial charge in [0.25, 0.3) is 0 Å². The maximum atomic E-state index is 8.30. The van der Waals surface area contributed by atoms with Crippen molar-refractivity contribution in [2.45, 2.75) is 26.4 Å². The van der Waals surface area contributed by atoms with Crippen molar-refractivity contribution in [2.24, 2.45) is 0 Å². The van der Waals surface area contributed by atoms with Gasteiger partial charge in [-0.1, -0.05) is 0 Å². The van der Waals surface area contributed by atoms with Crippen LogP contribution in [0.1, 0.15) is 20.8 Å². The van der Waals surface area contributed by atoms with Crippen LogP contribution in [-0.4, -0.2) is 22.5 Å². The molecule has 0 unspecified atom stereocenters. The van der Waals surface area contributed by atoms with Crippen molar-refractivity contribution in [3.63, 3.8) is 0 Å². The van der Waals surface area contributed by atoms with E-state index >= 15 is 0 Å². The van der Waals surface area contributed by atoms with Gasteiger partial charge in [-0.15, -0.1) is 0 Å². The molecule has 2 nitrogen and oxygen atoms in total. The van der Waals surface area contributed by atoms with Crippen LogP contribution >= 0.6 is 12.0 Å². The Morgan fingerprint density at radius 2 is 2.00 bits per heavy atom. The van der Waals surface area contributed by atoms with Crippen LogP contribution in [0.5, 0.6) is 0 Å². The van der Waals surface area contributed by atoms with Crippen LogP contribution in [0.2, 0.25) is 0 Å². The highest BCUT2D eigenvalue weighted by molar-refractivity contribution is 7.93. The van der Waals surface area contributed by atoms with Crippen molar-refractivity contribution in [1.82, 2.24) is 0 Å². The fourth-order valence-electron chi connectivity index (χ4n) is 0.385. The Hall–Kier alpha value is 0.270. The van der Waals surface area contributed by atoms with Gasteiger partial charge in [0.15, 0.2) is 0 Å². The van der Waals surface area contributed by atoms with E-state index in [0.29, 0.717) is 12.4 Å². The lowest BCUT2D eigenvalue weighted by atomic mass is 10.2. The average Bonchev–Trinajstić information content (AvgIpc) is 1.63. The van der Waals surface area contributed by atoms with Crippen molar-refractivity contribution in [3.05, 3.63) is 0 Å². The molecule has 0 atom stereocenters. The first kappa shape index (κ1) is 9.27. The number of hydrogen-bond donors (Lipinski definition) is 1. The summed E-state index contributed by atoms with van der Waals surface area (Å²) < 4.78 is 13.6. The van der Waals surface area contributed by atoms with Crippen LogP contribution in [0.15, 0.2) is 0 Å². The Balaban J connectivity index is 3.07. The van der Waals surface area contributed by atoms with Gasteiger partial charge >= 0.3 is 0 Å². The summed E-state index contributed by atoms with van der Waals surface area (Å²) in [6.07, 6.45) is 0. The molecule has 3 heteroatoms. The van der Waals surface area contributed by atoms with Gasteiger partial charge in [0.1, 0.15) is 0 Å². The zero-order valence-corrected chi connectivity index (χ0v) is 6.99. The molecule has 0 saturated heterocycles. The fourth-order valence-corrected chi connectivity index (χ4v) is 0.543. The molecule has 56 valence electrons. The molecular weight excluding hydrogens is 136 g/mol. The van der Waals surface area contributed by atoms with E-state index in [1.54, 1.807) is 0 Å². The van der Waals surface area contributed by atoms with Gasteiger partial charge in [-0.2, -0.15) is 0 Å². The smallest absolute Gasteiger partial charge is 0.0598 e. The molecule has 0 aromatic carbocycles. The zero-order chi connectivity index (χ0) is 7.33. The third-order valence-electron chi connectivity index (χ3n) is 0.710. The fraction of sp³-hybridized carbons (Fsp3) is 1.00. The van der Waals surface area contributed by atoms with Crippen LogP contribution in [0.3, 0.4) is 0 Å².